The van der Waals surface area contributed by atoms with E-state index in [1.54, 1.807) is 0 Å². The van der Waals surface area contributed by atoms with Crippen molar-refractivity contribution in [2.75, 3.05) is 13.2 Å². The summed E-state index contributed by atoms with van der Waals surface area (Å²) >= 11 is 0. The van der Waals surface area contributed by atoms with E-state index in [1.165, 1.54) is 315 Å². The first kappa shape index (κ1) is 76.1. The van der Waals surface area contributed by atoms with E-state index in [2.05, 4.69) is 32.9 Å². The minimum Gasteiger partial charge on any atom is -0.462 e. The minimum atomic E-state index is -0.765. The third-order valence-electron chi connectivity index (χ3n) is 16.5. The highest BCUT2D eigenvalue weighted by Crippen LogP contribution is 2.19. The van der Waals surface area contributed by atoms with Crippen molar-refractivity contribution >= 4 is 17.9 Å². The first-order valence-electron chi connectivity index (χ1n) is 35.7. The zero-order valence-corrected chi connectivity index (χ0v) is 53.2. The first-order chi connectivity index (χ1) is 38.5. The van der Waals surface area contributed by atoms with Crippen molar-refractivity contribution in [1.29, 1.82) is 0 Å². The van der Waals surface area contributed by atoms with Crippen LogP contribution in [0.1, 0.15) is 412 Å². The molecule has 0 aliphatic rings. The minimum absolute atomic E-state index is 0.0623. The van der Waals surface area contributed by atoms with Crippen molar-refractivity contribution in [3.8, 4) is 0 Å². The molecule has 1 atom stereocenters. The fourth-order valence-corrected chi connectivity index (χ4v) is 11.2. The summed E-state index contributed by atoms with van der Waals surface area (Å²) < 4.78 is 17.0. The van der Waals surface area contributed by atoms with Gasteiger partial charge in [-0.3, -0.25) is 14.4 Å². The predicted octanol–water partition coefficient (Wildman–Crippen LogP) is 24.4. The number of hydrogen-bond donors (Lipinski definition) is 0. The Labute approximate surface area is 488 Å². The smallest absolute Gasteiger partial charge is 0.306 e. The van der Waals surface area contributed by atoms with Crippen LogP contribution in [-0.2, 0) is 28.6 Å². The lowest BCUT2D eigenvalue weighted by Crippen LogP contribution is -2.30. The molecule has 0 rings (SSSR count). The van der Waals surface area contributed by atoms with Gasteiger partial charge in [-0.15, -0.1) is 0 Å². The molecule has 0 spiro atoms. The van der Waals surface area contributed by atoms with Gasteiger partial charge in [-0.1, -0.05) is 360 Å². The van der Waals surface area contributed by atoms with Gasteiger partial charge in [0.2, 0.25) is 0 Å². The highest BCUT2D eigenvalue weighted by atomic mass is 16.6. The van der Waals surface area contributed by atoms with Crippen LogP contribution in [0.5, 0.6) is 0 Å². The van der Waals surface area contributed by atoms with E-state index in [4.69, 9.17) is 14.2 Å². The van der Waals surface area contributed by atoms with E-state index < -0.39 is 6.10 Å². The summed E-state index contributed by atoms with van der Waals surface area (Å²) in [6.45, 7) is 6.73. The van der Waals surface area contributed by atoms with Crippen molar-refractivity contribution in [1.82, 2.24) is 0 Å². The normalized spacial score (nSPS) is 12.0. The number of hydrogen-bond acceptors (Lipinski definition) is 6. The standard InChI is InChI=1S/C72H138O6/c1-4-7-10-13-16-19-22-25-27-29-31-33-34-35-36-37-38-40-41-43-45-47-50-53-56-59-62-65-71(74)77-68-69(67-76-70(73)64-61-58-55-52-49-24-21-18-15-12-9-6-3)78-72(75)66-63-60-57-54-51-48-46-44-42-39-32-30-28-26-23-20-17-14-11-8-5-2/h29,31,69H,4-28,30,32-68H2,1-3H3/b31-29-. The molecule has 0 amide bonds. The molecule has 462 valence electrons. The van der Waals surface area contributed by atoms with Crippen LogP contribution >= 0.6 is 0 Å². The van der Waals surface area contributed by atoms with E-state index in [9.17, 15) is 14.4 Å². The van der Waals surface area contributed by atoms with Crippen molar-refractivity contribution in [3.05, 3.63) is 12.2 Å². The summed E-state index contributed by atoms with van der Waals surface area (Å²) in [5.74, 6) is -0.826. The summed E-state index contributed by atoms with van der Waals surface area (Å²) in [7, 11) is 0. The van der Waals surface area contributed by atoms with Crippen LogP contribution in [0.15, 0.2) is 12.2 Å². The summed E-state index contributed by atoms with van der Waals surface area (Å²) in [5.41, 5.74) is 0. The lowest BCUT2D eigenvalue weighted by atomic mass is 10.0. The van der Waals surface area contributed by atoms with Crippen molar-refractivity contribution in [3.63, 3.8) is 0 Å². The fourth-order valence-electron chi connectivity index (χ4n) is 11.2. The molecule has 0 saturated carbocycles. The van der Waals surface area contributed by atoms with Gasteiger partial charge in [-0.25, -0.2) is 0 Å². The average Bonchev–Trinajstić information content (AvgIpc) is 3.44. The zero-order valence-electron chi connectivity index (χ0n) is 53.2. The van der Waals surface area contributed by atoms with E-state index in [1.807, 2.05) is 0 Å². The largest absolute Gasteiger partial charge is 0.462 e. The predicted molar refractivity (Wildman–Crippen MR) is 340 cm³/mol. The Kier molecular flexibility index (Phi) is 66.0. The van der Waals surface area contributed by atoms with E-state index >= 15 is 0 Å². The molecule has 0 aliphatic carbocycles. The molecule has 6 heteroatoms. The molecule has 0 aromatic carbocycles. The number of allylic oxidation sites excluding steroid dienone is 2. The SMILES string of the molecule is CCCCCCCCCC/C=C\CCCCCCCCCCCCCCCCCC(=O)OCC(COC(=O)CCCCCCCCCCCCCC)OC(=O)CCCCCCCCCCCCCCCCCCCCCCC. The Morgan fingerprint density at radius 2 is 0.423 bits per heavy atom. The molecule has 6 nitrogen and oxygen atoms in total. The van der Waals surface area contributed by atoms with Crippen LogP contribution in [-0.4, -0.2) is 37.2 Å². The molecule has 0 aliphatic heterocycles. The molecule has 0 heterocycles. The summed E-state index contributed by atoms with van der Waals surface area (Å²) in [6.07, 6.45) is 81.1. The summed E-state index contributed by atoms with van der Waals surface area (Å²) in [4.78, 5) is 38.4. The molecule has 0 saturated heterocycles. The first-order valence-corrected chi connectivity index (χ1v) is 35.7. The second-order valence-corrected chi connectivity index (χ2v) is 24.5. The van der Waals surface area contributed by atoms with Gasteiger partial charge in [0.1, 0.15) is 13.2 Å². The molecular weight excluding hydrogens is 961 g/mol. The highest BCUT2D eigenvalue weighted by Gasteiger charge is 2.19. The number of esters is 3. The van der Waals surface area contributed by atoms with Gasteiger partial charge < -0.3 is 14.2 Å². The molecule has 0 fully saturated rings. The van der Waals surface area contributed by atoms with Crippen LogP contribution < -0.4 is 0 Å². The number of ether oxygens (including phenoxy) is 3. The Bertz CT molecular complexity index is 1210. The van der Waals surface area contributed by atoms with Gasteiger partial charge in [0.15, 0.2) is 6.10 Å². The summed E-state index contributed by atoms with van der Waals surface area (Å²) in [5, 5.41) is 0. The lowest BCUT2D eigenvalue weighted by Gasteiger charge is -2.18. The molecule has 0 aromatic rings. The lowest BCUT2D eigenvalue weighted by molar-refractivity contribution is -0.167. The molecule has 0 aromatic heterocycles. The molecule has 78 heavy (non-hydrogen) atoms. The molecule has 0 N–H and O–H groups in total. The number of unbranched alkanes of at least 4 members (excludes halogenated alkanes) is 54. The number of carbonyl (C=O) groups is 3. The Balaban J connectivity index is 4.16. The average molecular weight is 1100 g/mol. The third-order valence-corrected chi connectivity index (χ3v) is 16.5. The molecule has 1 unspecified atom stereocenters. The number of rotatable bonds is 67. The quantitative estimate of drug-likeness (QED) is 0.0261. The van der Waals surface area contributed by atoms with Gasteiger partial charge in [0, 0.05) is 19.3 Å². The Morgan fingerprint density at radius 3 is 0.641 bits per heavy atom. The van der Waals surface area contributed by atoms with Crippen LogP contribution in [0.25, 0.3) is 0 Å². The van der Waals surface area contributed by atoms with Gasteiger partial charge in [-0.05, 0) is 44.9 Å². The van der Waals surface area contributed by atoms with Gasteiger partial charge in [0.25, 0.3) is 0 Å². The van der Waals surface area contributed by atoms with Gasteiger partial charge >= 0.3 is 17.9 Å². The van der Waals surface area contributed by atoms with E-state index in [-0.39, 0.29) is 31.1 Å². The van der Waals surface area contributed by atoms with Crippen LogP contribution in [0.4, 0.5) is 0 Å². The van der Waals surface area contributed by atoms with Crippen molar-refractivity contribution in [2.24, 2.45) is 0 Å². The maximum absolute atomic E-state index is 12.9. The second kappa shape index (κ2) is 67.7. The fraction of sp³-hybridized carbons (Fsp3) is 0.931. The topological polar surface area (TPSA) is 78.9 Å². The van der Waals surface area contributed by atoms with Gasteiger partial charge in [-0.2, -0.15) is 0 Å². The van der Waals surface area contributed by atoms with Crippen molar-refractivity contribution in [2.45, 2.75) is 419 Å². The highest BCUT2D eigenvalue weighted by molar-refractivity contribution is 5.71. The molecular formula is C72H138O6. The van der Waals surface area contributed by atoms with Crippen LogP contribution in [0.3, 0.4) is 0 Å². The van der Waals surface area contributed by atoms with Crippen molar-refractivity contribution < 1.29 is 28.6 Å². The Hall–Kier alpha value is -1.85. The number of carbonyl (C=O) groups excluding carboxylic acids is 3. The summed E-state index contributed by atoms with van der Waals surface area (Å²) in [6, 6.07) is 0. The maximum atomic E-state index is 12.9. The van der Waals surface area contributed by atoms with E-state index in [0.29, 0.717) is 19.3 Å². The third kappa shape index (κ3) is 65.0. The van der Waals surface area contributed by atoms with E-state index in [0.717, 1.165) is 57.8 Å². The van der Waals surface area contributed by atoms with Gasteiger partial charge in [0.05, 0.1) is 0 Å². The second-order valence-electron chi connectivity index (χ2n) is 24.5. The monoisotopic (exact) mass is 1100 g/mol. The van der Waals surface area contributed by atoms with Crippen LogP contribution in [0, 0.1) is 0 Å². The molecule has 0 radical (unpaired) electrons. The Morgan fingerprint density at radius 1 is 0.244 bits per heavy atom. The maximum Gasteiger partial charge on any atom is 0.306 e. The van der Waals surface area contributed by atoms with Crippen LogP contribution in [0.2, 0.25) is 0 Å². The zero-order chi connectivity index (χ0) is 56.4. The molecule has 0 bridgehead atoms.